The summed E-state index contributed by atoms with van der Waals surface area (Å²) in [4.78, 5) is 13.3. The lowest BCUT2D eigenvalue weighted by molar-refractivity contribution is -0.183. The number of alkyl halides is 3. The van der Waals surface area contributed by atoms with E-state index in [-0.39, 0.29) is 13.0 Å². The SMILES string of the molecule is COc1ccc(NC(=O)N2CCC[C@H](C(F)(F)F)C2)cc1Cl. The van der Waals surface area contributed by atoms with Gasteiger partial charge in [-0.15, -0.1) is 0 Å². The van der Waals surface area contributed by atoms with Crippen LogP contribution in [0.3, 0.4) is 0 Å². The molecule has 0 spiro atoms. The van der Waals surface area contributed by atoms with Crippen molar-refractivity contribution in [2.75, 3.05) is 25.5 Å². The molecule has 1 N–H and O–H groups in total. The van der Waals surface area contributed by atoms with Crippen LogP contribution in [-0.2, 0) is 0 Å². The zero-order valence-corrected chi connectivity index (χ0v) is 12.7. The highest BCUT2D eigenvalue weighted by atomic mass is 35.5. The molecular weight excluding hydrogens is 321 g/mol. The number of amides is 2. The number of halogens is 4. The molecule has 0 saturated carbocycles. The van der Waals surface area contributed by atoms with Gasteiger partial charge in [-0.2, -0.15) is 13.2 Å². The van der Waals surface area contributed by atoms with Crippen molar-refractivity contribution in [1.29, 1.82) is 0 Å². The maximum Gasteiger partial charge on any atom is 0.393 e. The second kappa shape index (κ2) is 6.64. The molecule has 4 nitrogen and oxygen atoms in total. The van der Waals surface area contributed by atoms with Gasteiger partial charge in [0.25, 0.3) is 0 Å². The van der Waals surface area contributed by atoms with Crippen LogP contribution < -0.4 is 10.1 Å². The Hall–Kier alpha value is -1.63. The summed E-state index contributed by atoms with van der Waals surface area (Å²) in [7, 11) is 1.46. The first-order valence-corrected chi connectivity index (χ1v) is 7.15. The van der Waals surface area contributed by atoms with Crippen molar-refractivity contribution in [2.45, 2.75) is 19.0 Å². The van der Waals surface area contributed by atoms with Gasteiger partial charge >= 0.3 is 12.2 Å². The maximum absolute atomic E-state index is 12.8. The number of nitrogens with zero attached hydrogens (tertiary/aromatic N) is 1. The molecule has 1 heterocycles. The average molecular weight is 337 g/mol. The van der Waals surface area contributed by atoms with Crippen LogP contribution in [0, 0.1) is 5.92 Å². The van der Waals surface area contributed by atoms with Gasteiger partial charge in [0.2, 0.25) is 0 Å². The van der Waals surface area contributed by atoms with E-state index in [0.29, 0.717) is 29.4 Å². The van der Waals surface area contributed by atoms with E-state index in [9.17, 15) is 18.0 Å². The summed E-state index contributed by atoms with van der Waals surface area (Å²) in [6.45, 7) is -0.0124. The first-order chi connectivity index (χ1) is 10.3. The molecule has 2 rings (SSSR count). The minimum Gasteiger partial charge on any atom is -0.495 e. The first kappa shape index (κ1) is 16.7. The smallest absolute Gasteiger partial charge is 0.393 e. The van der Waals surface area contributed by atoms with E-state index < -0.39 is 18.1 Å². The highest BCUT2D eigenvalue weighted by Gasteiger charge is 2.42. The third-order valence-corrected chi connectivity index (χ3v) is 3.87. The number of ether oxygens (including phenoxy) is 1. The van der Waals surface area contributed by atoms with E-state index >= 15 is 0 Å². The zero-order valence-electron chi connectivity index (χ0n) is 11.9. The van der Waals surface area contributed by atoms with Crippen molar-refractivity contribution < 1.29 is 22.7 Å². The summed E-state index contributed by atoms with van der Waals surface area (Å²) >= 11 is 5.94. The van der Waals surface area contributed by atoms with Gasteiger partial charge in [0.15, 0.2) is 0 Å². The second-order valence-electron chi connectivity index (χ2n) is 5.11. The molecule has 1 atom stereocenters. The van der Waals surface area contributed by atoms with Crippen LogP contribution in [0.4, 0.5) is 23.7 Å². The summed E-state index contributed by atoms with van der Waals surface area (Å²) in [6.07, 6.45) is -3.88. The Balaban J connectivity index is 2.01. The van der Waals surface area contributed by atoms with E-state index in [2.05, 4.69) is 5.32 Å². The van der Waals surface area contributed by atoms with Crippen LogP contribution in [0.2, 0.25) is 5.02 Å². The molecule has 1 saturated heterocycles. The number of benzene rings is 1. The molecule has 22 heavy (non-hydrogen) atoms. The van der Waals surface area contributed by atoms with Crippen molar-refractivity contribution in [3.05, 3.63) is 23.2 Å². The largest absolute Gasteiger partial charge is 0.495 e. The van der Waals surface area contributed by atoms with Gasteiger partial charge in [0.05, 0.1) is 18.1 Å². The lowest BCUT2D eigenvalue weighted by atomic mass is 9.98. The van der Waals surface area contributed by atoms with Gasteiger partial charge in [-0.3, -0.25) is 0 Å². The highest BCUT2D eigenvalue weighted by Crippen LogP contribution is 2.33. The fourth-order valence-corrected chi connectivity index (χ4v) is 2.63. The second-order valence-corrected chi connectivity index (χ2v) is 5.51. The molecule has 1 aliphatic heterocycles. The van der Waals surface area contributed by atoms with Crippen LogP contribution >= 0.6 is 11.6 Å². The summed E-state index contributed by atoms with van der Waals surface area (Å²) in [5.74, 6) is -1.01. The predicted molar refractivity (Wildman–Crippen MR) is 77.4 cm³/mol. The molecule has 1 aliphatic rings. The summed E-state index contributed by atoms with van der Waals surface area (Å²) in [6, 6.07) is 4.08. The number of carbonyl (C=O) groups is 1. The number of hydrogen-bond acceptors (Lipinski definition) is 2. The number of likely N-dealkylation sites (tertiary alicyclic amines) is 1. The van der Waals surface area contributed by atoms with E-state index in [4.69, 9.17) is 16.3 Å². The number of urea groups is 1. The molecule has 1 aromatic rings. The maximum atomic E-state index is 12.8. The molecule has 1 aromatic carbocycles. The molecular formula is C14H16ClF3N2O2. The van der Waals surface area contributed by atoms with Crippen LogP contribution in [0.5, 0.6) is 5.75 Å². The molecule has 0 radical (unpaired) electrons. The summed E-state index contributed by atoms with van der Waals surface area (Å²) in [5, 5.41) is 2.87. The molecule has 2 amide bonds. The van der Waals surface area contributed by atoms with E-state index in [1.54, 1.807) is 12.1 Å². The lowest BCUT2D eigenvalue weighted by Crippen LogP contribution is -2.46. The quantitative estimate of drug-likeness (QED) is 0.881. The molecule has 8 heteroatoms. The fourth-order valence-electron chi connectivity index (χ4n) is 2.38. The Kier molecular flexibility index (Phi) is 5.05. The first-order valence-electron chi connectivity index (χ1n) is 6.77. The van der Waals surface area contributed by atoms with Gasteiger partial charge in [-0.25, -0.2) is 4.79 Å². The number of nitrogens with one attached hydrogen (secondary N) is 1. The van der Waals surface area contributed by atoms with Gasteiger partial charge < -0.3 is 15.0 Å². The normalized spacial score (nSPS) is 19.0. The van der Waals surface area contributed by atoms with E-state index in [0.717, 1.165) is 0 Å². The Morgan fingerprint density at radius 1 is 1.45 bits per heavy atom. The topological polar surface area (TPSA) is 41.6 Å². The van der Waals surface area contributed by atoms with Crippen molar-refractivity contribution in [1.82, 2.24) is 4.90 Å². The van der Waals surface area contributed by atoms with Crippen molar-refractivity contribution in [2.24, 2.45) is 5.92 Å². The lowest BCUT2D eigenvalue weighted by Gasteiger charge is -2.33. The number of rotatable bonds is 2. The summed E-state index contributed by atoms with van der Waals surface area (Å²) < 4.78 is 43.2. The highest BCUT2D eigenvalue weighted by molar-refractivity contribution is 6.32. The van der Waals surface area contributed by atoms with Gasteiger partial charge in [0.1, 0.15) is 5.75 Å². The Morgan fingerprint density at radius 3 is 2.77 bits per heavy atom. The van der Waals surface area contributed by atoms with Crippen LogP contribution in [0.1, 0.15) is 12.8 Å². The molecule has 0 aromatic heterocycles. The molecule has 0 aliphatic carbocycles. The fraction of sp³-hybridized carbons (Fsp3) is 0.500. The minimum atomic E-state index is -4.28. The molecule has 1 fully saturated rings. The number of anilines is 1. The van der Waals surface area contributed by atoms with E-state index in [1.165, 1.54) is 18.1 Å². The van der Waals surface area contributed by atoms with Crippen LogP contribution in [0.15, 0.2) is 18.2 Å². The number of methoxy groups -OCH3 is 1. The molecule has 0 bridgehead atoms. The van der Waals surface area contributed by atoms with Gasteiger partial charge in [-0.1, -0.05) is 11.6 Å². The number of hydrogen-bond donors (Lipinski definition) is 1. The average Bonchev–Trinajstić information content (AvgIpc) is 2.46. The number of carbonyl (C=O) groups excluding carboxylic acids is 1. The Bertz CT molecular complexity index is 551. The van der Waals surface area contributed by atoms with Crippen molar-refractivity contribution >= 4 is 23.3 Å². The third kappa shape index (κ3) is 3.97. The minimum absolute atomic E-state index is 0.0572. The molecule has 0 unspecified atom stereocenters. The van der Waals surface area contributed by atoms with Gasteiger partial charge in [0, 0.05) is 18.8 Å². The molecule has 122 valence electrons. The van der Waals surface area contributed by atoms with Crippen LogP contribution in [0.25, 0.3) is 0 Å². The number of piperidine rings is 1. The standard InChI is InChI=1S/C14H16ClF3N2O2/c1-22-12-5-4-10(7-11(12)15)19-13(21)20-6-2-3-9(8-20)14(16,17)18/h4-5,7,9H,2-3,6,8H2,1H3,(H,19,21)/t9-/m0/s1. The van der Waals surface area contributed by atoms with Crippen molar-refractivity contribution in [3.63, 3.8) is 0 Å². The third-order valence-electron chi connectivity index (χ3n) is 3.57. The Morgan fingerprint density at radius 2 is 2.18 bits per heavy atom. The monoisotopic (exact) mass is 336 g/mol. The van der Waals surface area contributed by atoms with Crippen LogP contribution in [-0.4, -0.2) is 37.3 Å². The summed E-state index contributed by atoms with van der Waals surface area (Å²) in [5.41, 5.74) is 0.407. The van der Waals surface area contributed by atoms with Crippen molar-refractivity contribution in [3.8, 4) is 5.75 Å². The Labute approximate surface area is 131 Å². The zero-order chi connectivity index (χ0) is 16.3. The predicted octanol–water partition coefficient (Wildman–Crippen LogP) is 4.15. The van der Waals surface area contributed by atoms with Gasteiger partial charge in [-0.05, 0) is 31.0 Å². The van der Waals surface area contributed by atoms with E-state index in [1.807, 2.05) is 0 Å².